The fourth-order valence-corrected chi connectivity index (χ4v) is 2.00. The Hall–Kier alpha value is -2.15. The number of aliphatic hydroxyl groups is 1. The molecule has 7 heteroatoms. The third-order valence-corrected chi connectivity index (χ3v) is 3.34. The maximum atomic E-state index is 11.0. The summed E-state index contributed by atoms with van der Waals surface area (Å²) in [6, 6.07) is 3.51. The van der Waals surface area contributed by atoms with Crippen molar-refractivity contribution in [2.75, 3.05) is 11.9 Å². The van der Waals surface area contributed by atoms with Crippen LogP contribution in [0.1, 0.15) is 29.6 Å². The average Bonchev–Trinajstić information content (AvgIpc) is 2.33. The molecule has 1 aromatic rings. The van der Waals surface area contributed by atoms with Gasteiger partial charge in [-0.3, -0.25) is 10.1 Å². The van der Waals surface area contributed by atoms with Crippen molar-refractivity contribution in [1.82, 2.24) is 0 Å². The van der Waals surface area contributed by atoms with Gasteiger partial charge in [-0.05, 0) is 25.3 Å². The third-order valence-electron chi connectivity index (χ3n) is 3.34. The van der Waals surface area contributed by atoms with Crippen LogP contribution in [-0.4, -0.2) is 33.3 Å². The number of hydrogen-bond acceptors (Lipinski definition) is 5. The van der Waals surface area contributed by atoms with Crippen molar-refractivity contribution in [3.05, 3.63) is 33.9 Å². The topological polar surface area (TPSA) is 113 Å². The van der Waals surface area contributed by atoms with Gasteiger partial charge in [-0.1, -0.05) is 0 Å². The Bertz CT molecular complexity index is 525. The minimum atomic E-state index is -1.17. The number of aromatic carboxylic acids is 1. The molecule has 0 unspecified atom stereocenters. The minimum absolute atomic E-state index is 0.0477. The van der Waals surface area contributed by atoms with E-state index >= 15 is 0 Å². The highest BCUT2D eigenvalue weighted by atomic mass is 16.6. The van der Waals surface area contributed by atoms with E-state index in [1.165, 1.54) is 12.1 Å². The van der Waals surface area contributed by atoms with Gasteiger partial charge in [-0.2, -0.15) is 0 Å². The number of anilines is 1. The smallest absolute Gasteiger partial charge is 0.337 e. The SMILES string of the molecule is O=C(O)c1ccc([N+](=O)[O-])cc1NCC1(O)CCC1. The number of carboxylic acid groups (broad SMARTS) is 1. The Balaban J connectivity index is 2.22. The summed E-state index contributed by atoms with van der Waals surface area (Å²) >= 11 is 0. The summed E-state index contributed by atoms with van der Waals surface area (Å²) in [5.41, 5.74) is -0.913. The molecule has 0 amide bonds. The predicted octanol–water partition coefficient (Wildman–Crippen LogP) is 1.62. The van der Waals surface area contributed by atoms with E-state index in [9.17, 15) is 20.0 Å². The minimum Gasteiger partial charge on any atom is -0.478 e. The van der Waals surface area contributed by atoms with Crippen LogP contribution in [0.25, 0.3) is 0 Å². The normalized spacial score (nSPS) is 16.5. The van der Waals surface area contributed by atoms with E-state index in [0.29, 0.717) is 12.8 Å². The summed E-state index contributed by atoms with van der Waals surface area (Å²) in [5, 5.41) is 32.4. The van der Waals surface area contributed by atoms with E-state index in [0.717, 1.165) is 12.5 Å². The quantitative estimate of drug-likeness (QED) is 0.551. The third kappa shape index (κ3) is 2.82. The number of nitro benzene ring substituents is 1. The number of nitrogens with zero attached hydrogens (tertiary/aromatic N) is 1. The molecule has 3 N–H and O–H groups in total. The maximum Gasteiger partial charge on any atom is 0.337 e. The molecule has 0 aliphatic heterocycles. The van der Waals surface area contributed by atoms with Crippen molar-refractivity contribution in [3.63, 3.8) is 0 Å². The summed E-state index contributed by atoms with van der Waals surface area (Å²) in [4.78, 5) is 21.1. The van der Waals surface area contributed by atoms with E-state index in [-0.39, 0.29) is 23.5 Å². The molecule has 7 nitrogen and oxygen atoms in total. The van der Waals surface area contributed by atoms with Crippen LogP contribution in [0.3, 0.4) is 0 Å². The van der Waals surface area contributed by atoms with E-state index in [1.807, 2.05) is 0 Å². The number of carbonyl (C=O) groups is 1. The first-order valence-corrected chi connectivity index (χ1v) is 5.89. The first-order valence-electron chi connectivity index (χ1n) is 5.89. The Morgan fingerprint density at radius 1 is 1.47 bits per heavy atom. The molecule has 0 bridgehead atoms. The Morgan fingerprint density at radius 2 is 2.16 bits per heavy atom. The van der Waals surface area contributed by atoms with Crippen LogP contribution in [0.15, 0.2) is 18.2 Å². The molecule has 0 radical (unpaired) electrons. The fourth-order valence-electron chi connectivity index (χ4n) is 2.00. The zero-order chi connectivity index (χ0) is 14.0. The number of hydrogen-bond donors (Lipinski definition) is 3. The standard InChI is InChI=1S/C12H14N2O5/c15-11(16)9-3-2-8(14(18)19)6-10(9)13-7-12(17)4-1-5-12/h2-3,6,13,17H,1,4-5,7H2,(H,15,16). The number of nitro groups is 1. The Labute approximate surface area is 109 Å². The number of benzene rings is 1. The van der Waals surface area contributed by atoms with Gasteiger partial charge >= 0.3 is 5.97 Å². The van der Waals surface area contributed by atoms with Crippen molar-refractivity contribution >= 4 is 17.3 Å². The van der Waals surface area contributed by atoms with Crippen molar-refractivity contribution < 1.29 is 19.9 Å². The van der Waals surface area contributed by atoms with Crippen LogP contribution in [0.2, 0.25) is 0 Å². The van der Waals surface area contributed by atoms with Gasteiger partial charge in [-0.15, -0.1) is 0 Å². The molecule has 0 aromatic heterocycles. The fraction of sp³-hybridized carbons (Fsp3) is 0.417. The van der Waals surface area contributed by atoms with Crippen LogP contribution in [0.4, 0.5) is 11.4 Å². The molecule has 0 spiro atoms. The van der Waals surface area contributed by atoms with Gasteiger partial charge in [0.25, 0.3) is 5.69 Å². The molecule has 2 rings (SSSR count). The van der Waals surface area contributed by atoms with Crippen molar-refractivity contribution in [3.8, 4) is 0 Å². The first kappa shape index (κ1) is 13.3. The monoisotopic (exact) mass is 266 g/mol. The van der Waals surface area contributed by atoms with Gasteiger partial charge in [-0.25, -0.2) is 4.79 Å². The van der Waals surface area contributed by atoms with E-state index in [4.69, 9.17) is 5.11 Å². The molecule has 19 heavy (non-hydrogen) atoms. The van der Waals surface area contributed by atoms with Gasteiger partial charge in [0.05, 0.1) is 21.8 Å². The lowest BCUT2D eigenvalue weighted by molar-refractivity contribution is -0.384. The zero-order valence-electron chi connectivity index (χ0n) is 10.1. The van der Waals surface area contributed by atoms with Crippen LogP contribution < -0.4 is 5.32 Å². The summed E-state index contributed by atoms with van der Waals surface area (Å²) in [5.74, 6) is -1.17. The highest BCUT2D eigenvalue weighted by Crippen LogP contribution is 2.32. The second kappa shape index (κ2) is 4.85. The highest BCUT2D eigenvalue weighted by Gasteiger charge is 2.34. The van der Waals surface area contributed by atoms with E-state index < -0.39 is 16.5 Å². The molecule has 1 aliphatic carbocycles. The Kier molecular flexibility index (Phi) is 3.39. The molecule has 0 heterocycles. The average molecular weight is 266 g/mol. The molecule has 0 saturated heterocycles. The molecular formula is C12H14N2O5. The Morgan fingerprint density at radius 3 is 2.63 bits per heavy atom. The summed E-state index contributed by atoms with van der Waals surface area (Å²) in [6.45, 7) is 0.189. The molecular weight excluding hydrogens is 252 g/mol. The largest absolute Gasteiger partial charge is 0.478 e. The summed E-state index contributed by atoms with van der Waals surface area (Å²) in [7, 11) is 0. The van der Waals surface area contributed by atoms with E-state index in [2.05, 4.69) is 5.32 Å². The van der Waals surface area contributed by atoms with Gasteiger partial charge in [0.2, 0.25) is 0 Å². The van der Waals surface area contributed by atoms with Crippen molar-refractivity contribution in [2.45, 2.75) is 24.9 Å². The van der Waals surface area contributed by atoms with Crippen molar-refractivity contribution in [1.29, 1.82) is 0 Å². The maximum absolute atomic E-state index is 11.0. The van der Waals surface area contributed by atoms with Gasteiger partial charge in [0.1, 0.15) is 0 Å². The van der Waals surface area contributed by atoms with Crippen LogP contribution >= 0.6 is 0 Å². The molecule has 0 atom stereocenters. The zero-order valence-corrected chi connectivity index (χ0v) is 10.1. The second-order valence-electron chi connectivity index (χ2n) is 4.72. The summed E-state index contributed by atoms with van der Waals surface area (Å²) < 4.78 is 0. The van der Waals surface area contributed by atoms with Crippen LogP contribution in [0.5, 0.6) is 0 Å². The lowest BCUT2D eigenvalue weighted by Gasteiger charge is -2.37. The highest BCUT2D eigenvalue weighted by molar-refractivity contribution is 5.94. The number of rotatable bonds is 5. The molecule has 102 valence electrons. The lowest BCUT2D eigenvalue weighted by atomic mass is 9.80. The van der Waals surface area contributed by atoms with Gasteiger partial charge in [0.15, 0.2) is 0 Å². The number of non-ortho nitro benzene ring substituents is 1. The number of nitrogens with one attached hydrogen (secondary N) is 1. The molecule has 1 fully saturated rings. The molecule has 1 saturated carbocycles. The van der Waals surface area contributed by atoms with Crippen molar-refractivity contribution in [2.24, 2.45) is 0 Å². The van der Waals surface area contributed by atoms with Gasteiger partial charge in [0, 0.05) is 18.7 Å². The lowest BCUT2D eigenvalue weighted by Crippen LogP contribution is -2.43. The predicted molar refractivity (Wildman–Crippen MR) is 67.3 cm³/mol. The van der Waals surface area contributed by atoms with Gasteiger partial charge < -0.3 is 15.5 Å². The molecule has 1 aliphatic rings. The van der Waals surface area contributed by atoms with Crippen LogP contribution in [-0.2, 0) is 0 Å². The van der Waals surface area contributed by atoms with Crippen LogP contribution in [0, 0.1) is 10.1 Å². The second-order valence-corrected chi connectivity index (χ2v) is 4.72. The van der Waals surface area contributed by atoms with E-state index in [1.54, 1.807) is 0 Å². The first-order chi connectivity index (χ1) is 8.91. The summed E-state index contributed by atoms with van der Waals surface area (Å²) in [6.07, 6.45) is 2.23. The molecule has 1 aromatic carbocycles. The number of carboxylic acids is 1.